The number of hydrogen-bond donors (Lipinski definition) is 0. The van der Waals surface area contributed by atoms with Gasteiger partial charge in [-0.05, 0) is 13.8 Å². The van der Waals surface area contributed by atoms with Crippen LogP contribution in [0.25, 0.3) is 0 Å². The second kappa shape index (κ2) is 7.13. The molecule has 0 unspecified atom stereocenters. The first-order valence-corrected chi connectivity index (χ1v) is 2.69. The van der Waals surface area contributed by atoms with E-state index in [0.717, 1.165) is 0 Å². The Morgan fingerprint density at radius 3 is 1.60 bits per heavy atom. The van der Waals surface area contributed by atoms with Crippen molar-refractivity contribution in [2.45, 2.75) is 13.8 Å². The third-order valence-electron chi connectivity index (χ3n) is 0.611. The van der Waals surface area contributed by atoms with E-state index >= 15 is 0 Å². The molecule has 0 spiro atoms. The van der Waals surface area contributed by atoms with Crippen LogP contribution >= 0.6 is 0 Å². The van der Waals surface area contributed by atoms with Crippen molar-refractivity contribution in [2.75, 3.05) is 13.2 Å². The van der Waals surface area contributed by atoms with Gasteiger partial charge in [0.05, 0.1) is 0 Å². The van der Waals surface area contributed by atoms with Gasteiger partial charge in [-0.3, -0.25) is 9.59 Å². The van der Waals surface area contributed by atoms with Crippen molar-refractivity contribution in [3.05, 3.63) is 0 Å². The largest absolute Gasteiger partial charge is 4.00 e. The molecule has 0 heterocycles. The summed E-state index contributed by atoms with van der Waals surface area (Å²) in [5.41, 5.74) is 0. The van der Waals surface area contributed by atoms with Gasteiger partial charge in [0.1, 0.15) is 13.2 Å². The topological polar surface area (TPSA) is 43.4 Å². The van der Waals surface area contributed by atoms with Crippen molar-refractivity contribution < 1.29 is 36.0 Å². The molecule has 0 aliphatic carbocycles. The Morgan fingerprint density at radius 2 is 1.40 bits per heavy atom. The number of hydrogen-bond acceptors (Lipinski definition) is 3. The van der Waals surface area contributed by atoms with E-state index in [2.05, 4.69) is 4.74 Å². The van der Waals surface area contributed by atoms with Gasteiger partial charge in [-0.15, -0.1) is 0 Å². The third kappa shape index (κ3) is 10.9. The first-order chi connectivity index (χ1) is 4.13. The van der Waals surface area contributed by atoms with E-state index in [0.29, 0.717) is 0 Å². The van der Waals surface area contributed by atoms with Gasteiger partial charge >= 0.3 is 21.7 Å². The summed E-state index contributed by atoms with van der Waals surface area (Å²) in [6.07, 6.45) is 0. The van der Waals surface area contributed by atoms with Gasteiger partial charge in [0.2, 0.25) is 0 Å². The van der Waals surface area contributed by atoms with Crippen LogP contribution in [0.2, 0.25) is 0 Å². The van der Waals surface area contributed by atoms with E-state index in [4.69, 9.17) is 0 Å². The van der Waals surface area contributed by atoms with Gasteiger partial charge in [-0.25, -0.2) is 0 Å². The van der Waals surface area contributed by atoms with Crippen LogP contribution in [0.1, 0.15) is 13.8 Å². The molecule has 0 saturated carbocycles. The van der Waals surface area contributed by atoms with Crippen LogP contribution in [0.5, 0.6) is 0 Å². The van der Waals surface area contributed by atoms with Crippen molar-refractivity contribution >= 4 is 11.6 Å². The number of Topliss-reactive ketones (excluding diaryl/α,β-unsaturated/α-hetero) is 2. The fourth-order valence-electron chi connectivity index (χ4n) is 0.338. The Hall–Kier alpha value is 0.0143. The number of ketones is 2. The molecule has 0 aromatic carbocycles. The summed E-state index contributed by atoms with van der Waals surface area (Å²) in [6.45, 7) is 2.92. The number of rotatable bonds is 4. The van der Waals surface area contributed by atoms with Gasteiger partial charge in [0.15, 0.2) is 11.6 Å². The van der Waals surface area contributed by atoms with Crippen LogP contribution in [-0.2, 0) is 36.0 Å². The predicted octanol–water partition coefficient (Wildman–Crippen LogP) is 0.179. The summed E-state index contributed by atoms with van der Waals surface area (Å²) in [5, 5.41) is 0. The molecule has 0 aliphatic rings. The average Bonchev–Trinajstić information content (AvgIpc) is 1.63. The molecule has 0 amide bonds. The third-order valence-corrected chi connectivity index (χ3v) is 0.611. The van der Waals surface area contributed by atoms with Crippen molar-refractivity contribution in [2.24, 2.45) is 0 Å². The second-order valence-electron chi connectivity index (χ2n) is 1.90. The van der Waals surface area contributed by atoms with Gasteiger partial charge in [0.25, 0.3) is 0 Å². The summed E-state index contributed by atoms with van der Waals surface area (Å²) >= 11 is 0. The SMILES string of the molecule is CC(=O)COCC(C)=O.[Ti+4]. The minimum Gasteiger partial charge on any atom is -0.366 e. The van der Waals surface area contributed by atoms with Crippen molar-refractivity contribution in [3.63, 3.8) is 0 Å². The Kier molecular flexibility index (Phi) is 9.03. The van der Waals surface area contributed by atoms with Crippen LogP contribution in [0.15, 0.2) is 0 Å². The van der Waals surface area contributed by atoms with Gasteiger partial charge in [-0.1, -0.05) is 0 Å². The van der Waals surface area contributed by atoms with Crippen LogP contribution in [0, 0.1) is 0 Å². The summed E-state index contributed by atoms with van der Waals surface area (Å²) in [7, 11) is 0. The van der Waals surface area contributed by atoms with E-state index in [1.54, 1.807) is 0 Å². The van der Waals surface area contributed by atoms with E-state index in [1.165, 1.54) is 13.8 Å². The summed E-state index contributed by atoms with van der Waals surface area (Å²) in [4.78, 5) is 20.4. The van der Waals surface area contributed by atoms with E-state index in [-0.39, 0.29) is 46.5 Å². The maximum absolute atomic E-state index is 10.2. The maximum Gasteiger partial charge on any atom is 4.00 e. The Bertz CT molecular complexity index is 108. The van der Waals surface area contributed by atoms with Gasteiger partial charge < -0.3 is 4.74 Å². The fourth-order valence-corrected chi connectivity index (χ4v) is 0.338. The molecule has 0 radical (unpaired) electrons. The zero-order chi connectivity index (χ0) is 7.28. The van der Waals surface area contributed by atoms with Crippen LogP contribution < -0.4 is 0 Å². The molecular weight excluding hydrogens is 168 g/mol. The Balaban J connectivity index is 0. The predicted molar refractivity (Wildman–Crippen MR) is 32.2 cm³/mol. The molecule has 0 rings (SSSR count). The zero-order valence-electron chi connectivity index (χ0n) is 6.14. The molecule has 3 nitrogen and oxygen atoms in total. The Morgan fingerprint density at radius 1 is 1.10 bits per heavy atom. The molecule has 10 heavy (non-hydrogen) atoms. The average molecular weight is 178 g/mol. The van der Waals surface area contributed by atoms with Crippen molar-refractivity contribution in [3.8, 4) is 0 Å². The minimum absolute atomic E-state index is 0. The van der Waals surface area contributed by atoms with Gasteiger partial charge in [-0.2, -0.15) is 0 Å². The normalized spacial score (nSPS) is 8.20. The Labute approximate surface area is 75.0 Å². The van der Waals surface area contributed by atoms with E-state index in [1.807, 2.05) is 0 Å². The molecule has 0 saturated heterocycles. The molecule has 52 valence electrons. The summed E-state index contributed by atoms with van der Waals surface area (Å²) in [6, 6.07) is 0. The molecule has 0 aromatic heterocycles. The molecular formula is C6H10O3Ti+4. The standard InChI is InChI=1S/C6H10O3.Ti/c1-5(7)3-9-4-6(2)8;/h3-4H2,1-2H3;/q;+4. The quantitative estimate of drug-likeness (QED) is 0.576. The maximum atomic E-state index is 10.2. The van der Waals surface area contributed by atoms with Crippen LogP contribution in [-0.4, -0.2) is 24.8 Å². The first-order valence-electron chi connectivity index (χ1n) is 2.69. The summed E-state index contributed by atoms with van der Waals surface area (Å²) < 4.78 is 4.66. The summed E-state index contributed by atoms with van der Waals surface area (Å²) in [5.74, 6) is -0.118. The molecule has 0 aromatic rings. The number of carbonyl (C=O) groups is 2. The number of carbonyl (C=O) groups excluding carboxylic acids is 2. The molecule has 0 N–H and O–H groups in total. The first kappa shape index (κ1) is 12.7. The van der Waals surface area contributed by atoms with Crippen LogP contribution in [0.4, 0.5) is 0 Å². The fraction of sp³-hybridized carbons (Fsp3) is 0.667. The molecule has 0 atom stereocenters. The monoisotopic (exact) mass is 178 g/mol. The van der Waals surface area contributed by atoms with Gasteiger partial charge in [0, 0.05) is 0 Å². The molecule has 0 fully saturated rings. The minimum atomic E-state index is -0.0590. The van der Waals surface area contributed by atoms with E-state index < -0.39 is 0 Å². The molecule has 0 aliphatic heterocycles. The molecule has 0 bridgehead atoms. The van der Waals surface area contributed by atoms with Crippen molar-refractivity contribution in [1.29, 1.82) is 0 Å². The smallest absolute Gasteiger partial charge is 0.366 e. The zero-order valence-corrected chi connectivity index (χ0v) is 7.70. The van der Waals surface area contributed by atoms with Crippen LogP contribution in [0.3, 0.4) is 0 Å². The van der Waals surface area contributed by atoms with E-state index in [9.17, 15) is 9.59 Å². The molecule has 4 heteroatoms. The van der Waals surface area contributed by atoms with Crippen molar-refractivity contribution in [1.82, 2.24) is 0 Å². The number of ether oxygens (including phenoxy) is 1. The second-order valence-corrected chi connectivity index (χ2v) is 1.90.